The number of alkyl halides is 4. The third kappa shape index (κ3) is 3.00. The first-order valence-electron chi connectivity index (χ1n) is 4.27. The molecule has 0 atom stereocenters. The second kappa shape index (κ2) is 4.79. The van der Waals surface area contributed by atoms with Crippen molar-refractivity contribution in [1.82, 2.24) is 0 Å². The molecule has 0 unspecified atom stereocenters. The van der Waals surface area contributed by atoms with Crippen LogP contribution in [0.2, 0.25) is 5.02 Å². The van der Waals surface area contributed by atoms with Crippen molar-refractivity contribution in [2.75, 3.05) is 11.1 Å². The van der Waals surface area contributed by atoms with E-state index in [4.69, 9.17) is 17.3 Å². The normalized spacial score (nSPS) is 11.6. The number of hydrogen-bond donors (Lipinski definition) is 2. The average molecular weight is 271 g/mol. The van der Waals surface area contributed by atoms with Crippen molar-refractivity contribution in [2.45, 2.75) is 12.3 Å². The first-order valence-corrected chi connectivity index (χ1v) is 4.65. The lowest BCUT2D eigenvalue weighted by atomic mass is 10.2. The Hall–Kier alpha value is -1.50. The minimum absolute atomic E-state index is 0.0168. The van der Waals surface area contributed by atoms with Gasteiger partial charge in [0.2, 0.25) is 0 Å². The third-order valence-electron chi connectivity index (χ3n) is 1.84. The first kappa shape index (κ1) is 13.6. The number of halogens is 5. The second-order valence-electron chi connectivity index (χ2n) is 3.11. The van der Waals surface area contributed by atoms with E-state index in [-0.39, 0.29) is 16.4 Å². The molecule has 0 aliphatic rings. The number of amides is 1. The summed E-state index contributed by atoms with van der Waals surface area (Å²) in [7, 11) is 0. The number of nitrogens with two attached hydrogens (primary N) is 1. The zero-order chi connectivity index (χ0) is 13.2. The molecule has 0 fully saturated rings. The molecule has 3 N–H and O–H groups in total. The summed E-state index contributed by atoms with van der Waals surface area (Å²) in [5, 5.41) is 1.64. The van der Waals surface area contributed by atoms with Gasteiger partial charge in [-0.3, -0.25) is 4.79 Å². The molecule has 1 amide bonds. The number of benzene rings is 1. The molecule has 0 radical (unpaired) electrons. The van der Waals surface area contributed by atoms with Gasteiger partial charge in [0.15, 0.2) is 0 Å². The molecule has 0 aliphatic heterocycles. The molecular formula is C9H7ClF4N2O. The summed E-state index contributed by atoms with van der Waals surface area (Å²) in [6, 6.07) is 3.50. The van der Waals surface area contributed by atoms with Crippen molar-refractivity contribution >= 4 is 28.9 Å². The Labute approximate surface area is 98.5 Å². The fraction of sp³-hybridized carbons (Fsp3) is 0.222. The largest absolute Gasteiger partial charge is 0.398 e. The van der Waals surface area contributed by atoms with Crippen LogP contribution in [0.3, 0.4) is 0 Å². The van der Waals surface area contributed by atoms with Gasteiger partial charge in [-0.1, -0.05) is 11.6 Å². The van der Waals surface area contributed by atoms with Gasteiger partial charge >= 0.3 is 18.3 Å². The Morgan fingerprint density at radius 2 is 2.00 bits per heavy atom. The van der Waals surface area contributed by atoms with Gasteiger partial charge in [-0.05, 0) is 18.2 Å². The van der Waals surface area contributed by atoms with Crippen molar-refractivity contribution in [1.29, 1.82) is 0 Å². The number of carbonyl (C=O) groups is 1. The highest BCUT2D eigenvalue weighted by Gasteiger charge is 2.48. The van der Waals surface area contributed by atoms with Crippen molar-refractivity contribution < 1.29 is 22.4 Å². The summed E-state index contributed by atoms with van der Waals surface area (Å²) in [6.45, 7) is 0. The molecule has 8 heteroatoms. The molecular weight excluding hydrogens is 264 g/mol. The molecule has 0 saturated heterocycles. The highest BCUT2D eigenvalue weighted by atomic mass is 35.5. The molecule has 0 saturated carbocycles. The molecule has 0 aliphatic carbocycles. The Bertz CT molecular complexity index is 439. The topological polar surface area (TPSA) is 55.1 Å². The maximum atomic E-state index is 12.6. The summed E-state index contributed by atoms with van der Waals surface area (Å²) in [5.74, 6) is -6.86. The standard InChI is InChI=1S/C9H7ClF4N2O/c10-5-3-4(1-2-6(5)15)16-8(17)9(13,14)7(11)12/h1-3,7H,15H2,(H,16,17). The van der Waals surface area contributed by atoms with E-state index >= 15 is 0 Å². The van der Waals surface area contributed by atoms with Crippen LogP contribution in [0.15, 0.2) is 18.2 Å². The van der Waals surface area contributed by atoms with Gasteiger partial charge in [0.1, 0.15) is 0 Å². The lowest BCUT2D eigenvalue weighted by Crippen LogP contribution is -2.40. The average Bonchev–Trinajstić information content (AvgIpc) is 2.23. The quantitative estimate of drug-likeness (QED) is 0.655. The zero-order valence-electron chi connectivity index (χ0n) is 8.18. The van der Waals surface area contributed by atoms with Gasteiger partial charge in [0.25, 0.3) is 0 Å². The number of rotatable bonds is 3. The smallest absolute Gasteiger partial charge is 0.383 e. The molecule has 1 aromatic rings. The monoisotopic (exact) mass is 270 g/mol. The summed E-state index contributed by atoms with van der Waals surface area (Å²) in [5.41, 5.74) is 5.37. The van der Waals surface area contributed by atoms with Gasteiger partial charge in [-0.15, -0.1) is 0 Å². The Morgan fingerprint density at radius 3 is 2.47 bits per heavy atom. The first-order chi connectivity index (χ1) is 7.75. The highest BCUT2D eigenvalue weighted by molar-refractivity contribution is 6.33. The van der Waals surface area contributed by atoms with Crippen LogP contribution in [0.25, 0.3) is 0 Å². The van der Waals surface area contributed by atoms with Crippen LogP contribution in [0.5, 0.6) is 0 Å². The highest BCUT2D eigenvalue weighted by Crippen LogP contribution is 2.27. The second-order valence-corrected chi connectivity index (χ2v) is 3.52. The molecule has 0 spiro atoms. The fourth-order valence-corrected chi connectivity index (χ4v) is 1.10. The summed E-state index contributed by atoms with van der Waals surface area (Å²) in [4.78, 5) is 10.9. The van der Waals surface area contributed by atoms with Crippen LogP contribution >= 0.6 is 11.6 Å². The maximum Gasteiger partial charge on any atom is 0.383 e. The Morgan fingerprint density at radius 1 is 1.41 bits per heavy atom. The number of nitrogens with one attached hydrogen (secondary N) is 1. The summed E-state index contributed by atoms with van der Waals surface area (Å²) >= 11 is 5.56. The lowest BCUT2D eigenvalue weighted by molar-refractivity contribution is -0.163. The van der Waals surface area contributed by atoms with Crippen LogP contribution in [-0.4, -0.2) is 18.3 Å². The number of nitrogen functional groups attached to an aromatic ring is 1. The molecule has 3 nitrogen and oxygen atoms in total. The zero-order valence-corrected chi connectivity index (χ0v) is 8.94. The van der Waals surface area contributed by atoms with E-state index in [1.165, 1.54) is 12.1 Å². The molecule has 1 rings (SSSR count). The van der Waals surface area contributed by atoms with Gasteiger partial charge in [0, 0.05) is 5.69 Å². The predicted octanol–water partition coefficient (Wildman–Crippen LogP) is 2.76. The maximum absolute atomic E-state index is 12.6. The molecule has 0 heterocycles. The van der Waals surface area contributed by atoms with Crippen molar-refractivity contribution in [2.24, 2.45) is 0 Å². The van der Waals surface area contributed by atoms with Crippen LogP contribution in [0.4, 0.5) is 28.9 Å². The van der Waals surface area contributed by atoms with Crippen LogP contribution in [0.1, 0.15) is 0 Å². The van der Waals surface area contributed by atoms with Crippen molar-refractivity contribution in [3.8, 4) is 0 Å². The number of carbonyl (C=O) groups excluding carboxylic acids is 1. The van der Waals surface area contributed by atoms with Gasteiger partial charge in [-0.25, -0.2) is 8.78 Å². The number of anilines is 2. The van der Waals surface area contributed by atoms with E-state index in [1.807, 2.05) is 0 Å². The Balaban J connectivity index is 2.85. The number of hydrogen-bond acceptors (Lipinski definition) is 2. The molecule has 17 heavy (non-hydrogen) atoms. The van der Waals surface area contributed by atoms with E-state index in [9.17, 15) is 22.4 Å². The van der Waals surface area contributed by atoms with Crippen molar-refractivity contribution in [3.05, 3.63) is 23.2 Å². The predicted molar refractivity (Wildman–Crippen MR) is 55.4 cm³/mol. The Kier molecular flexibility index (Phi) is 3.82. The molecule has 0 aromatic heterocycles. The minimum atomic E-state index is -4.76. The fourth-order valence-electron chi connectivity index (χ4n) is 0.918. The van der Waals surface area contributed by atoms with E-state index < -0.39 is 18.3 Å². The van der Waals surface area contributed by atoms with Crippen molar-refractivity contribution in [3.63, 3.8) is 0 Å². The van der Waals surface area contributed by atoms with Gasteiger partial charge in [0.05, 0.1) is 10.7 Å². The summed E-state index contributed by atoms with van der Waals surface area (Å²) < 4.78 is 48.9. The van der Waals surface area contributed by atoms with E-state index in [0.717, 1.165) is 6.07 Å². The molecule has 0 bridgehead atoms. The van der Waals surface area contributed by atoms with E-state index in [2.05, 4.69) is 0 Å². The lowest BCUT2D eigenvalue weighted by Gasteiger charge is -2.15. The molecule has 94 valence electrons. The minimum Gasteiger partial charge on any atom is -0.398 e. The van der Waals surface area contributed by atoms with Crippen LogP contribution in [-0.2, 0) is 4.79 Å². The van der Waals surface area contributed by atoms with E-state index in [0.29, 0.717) is 0 Å². The van der Waals surface area contributed by atoms with E-state index in [1.54, 1.807) is 5.32 Å². The summed E-state index contributed by atoms with van der Waals surface area (Å²) in [6.07, 6.45) is -4.08. The third-order valence-corrected chi connectivity index (χ3v) is 2.16. The molecule has 1 aromatic carbocycles. The van der Waals surface area contributed by atoms with Crippen LogP contribution in [0, 0.1) is 0 Å². The SMILES string of the molecule is Nc1ccc(NC(=O)C(F)(F)C(F)F)cc1Cl. The van der Waals surface area contributed by atoms with Gasteiger partial charge in [-0.2, -0.15) is 8.78 Å². The van der Waals surface area contributed by atoms with Crippen LogP contribution < -0.4 is 11.1 Å². The van der Waals surface area contributed by atoms with Gasteiger partial charge < -0.3 is 11.1 Å².